The second-order valence-electron chi connectivity index (χ2n) is 6.14. The molecule has 0 aliphatic heterocycles. The van der Waals surface area contributed by atoms with Crippen LogP contribution in [0.5, 0.6) is 0 Å². The summed E-state index contributed by atoms with van der Waals surface area (Å²) in [5.74, 6) is -1.62. The van der Waals surface area contributed by atoms with Crippen molar-refractivity contribution in [2.24, 2.45) is 11.3 Å². The molecule has 0 heterocycles. The maximum atomic E-state index is 12.1. The molecule has 0 aromatic rings. The van der Waals surface area contributed by atoms with E-state index in [1.165, 1.54) is 0 Å². The number of sulfonamides is 1. The first-order chi connectivity index (χ1) is 8.83. The molecule has 1 amide bonds. The van der Waals surface area contributed by atoms with Crippen LogP contribution in [0.2, 0.25) is 0 Å². The van der Waals surface area contributed by atoms with E-state index in [1.54, 1.807) is 27.7 Å². The monoisotopic (exact) mass is 308 g/mol. The third-order valence-electron chi connectivity index (χ3n) is 2.61. The Labute approximate surface area is 120 Å². The number of carboxylic acids is 1. The van der Waals surface area contributed by atoms with Gasteiger partial charge in [0.2, 0.25) is 15.9 Å². The number of carboxylic acid groups (broad SMARTS) is 1. The van der Waals surface area contributed by atoms with Crippen molar-refractivity contribution in [1.29, 1.82) is 0 Å². The Morgan fingerprint density at radius 2 is 1.75 bits per heavy atom. The van der Waals surface area contributed by atoms with Crippen molar-refractivity contribution < 1.29 is 23.1 Å². The lowest BCUT2D eigenvalue weighted by Gasteiger charge is -2.30. The first-order valence-corrected chi connectivity index (χ1v) is 8.19. The summed E-state index contributed by atoms with van der Waals surface area (Å²) < 4.78 is 24.9. The molecular weight excluding hydrogens is 284 g/mol. The van der Waals surface area contributed by atoms with Gasteiger partial charge in [0.05, 0.1) is 6.26 Å². The second-order valence-corrected chi connectivity index (χ2v) is 7.92. The summed E-state index contributed by atoms with van der Waals surface area (Å²) in [7, 11) is -3.51. The van der Waals surface area contributed by atoms with Gasteiger partial charge in [-0.1, -0.05) is 27.7 Å². The standard InChI is InChI=1S/C12H24N2O5S/c1-8(6-9(15)16)7-13-11(17)10(12(2,3)4)14-20(5,18)19/h8,10,14H,6-7H2,1-5H3,(H,13,17)(H,15,16). The van der Waals surface area contributed by atoms with Gasteiger partial charge in [0.1, 0.15) is 6.04 Å². The number of hydrogen-bond donors (Lipinski definition) is 3. The van der Waals surface area contributed by atoms with Crippen LogP contribution in [-0.4, -0.2) is 44.2 Å². The van der Waals surface area contributed by atoms with Crippen LogP contribution in [0.4, 0.5) is 0 Å². The molecule has 3 N–H and O–H groups in total. The molecule has 0 aliphatic carbocycles. The van der Waals surface area contributed by atoms with Crippen LogP contribution in [0.1, 0.15) is 34.1 Å². The van der Waals surface area contributed by atoms with Gasteiger partial charge in [-0.3, -0.25) is 9.59 Å². The van der Waals surface area contributed by atoms with E-state index in [0.717, 1.165) is 6.26 Å². The summed E-state index contributed by atoms with van der Waals surface area (Å²) in [5.41, 5.74) is -0.594. The molecule has 0 saturated carbocycles. The molecule has 8 heteroatoms. The van der Waals surface area contributed by atoms with Crippen LogP contribution in [0.3, 0.4) is 0 Å². The molecule has 20 heavy (non-hydrogen) atoms. The summed E-state index contributed by atoms with van der Waals surface area (Å²) in [6, 6.07) is -0.908. The summed E-state index contributed by atoms with van der Waals surface area (Å²) in [6.45, 7) is 7.12. The van der Waals surface area contributed by atoms with Crippen molar-refractivity contribution in [2.45, 2.75) is 40.2 Å². The van der Waals surface area contributed by atoms with E-state index in [-0.39, 0.29) is 18.9 Å². The fourth-order valence-corrected chi connectivity index (χ4v) is 2.47. The van der Waals surface area contributed by atoms with Crippen LogP contribution >= 0.6 is 0 Å². The van der Waals surface area contributed by atoms with Crippen molar-refractivity contribution in [1.82, 2.24) is 10.0 Å². The van der Waals surface area contributed by atoms with E-state index in [2.05, 4.69) is 10.0 Å². The Morgan fingerprint density at radius 1 is 1.25 bits per heavy atom. The molecule has 0 rings (SSSR count). The van der Waals surface area contributed by atoms with E-state index >= 15 is 0 Å². The Kier molecular flexibility index (Phi) is 6.63. The minimum absolute atomic E-state index is 0.0556. The third kappa shape index (κ3) is 8.11. The molecule has 0 radical (unpaired) electrons. The van der Waals surface area contributed by atoms with Crippen LogP contribution < -0.4 is 10.0 Å². The van der Waals surface area contributed by atoms with E-state index in [9.17, 15) is 18.0 Å². The normalized spacial score (nSPS) is 15.4. The van der Waals surface area contributed by atoms with Gasteiger partial charge in [0, 0.05) is 13.0 Å². The average molecular weight is 308 g/mol. The van der Waals surface area contributed by atoms with Crippen LogP contribution in [-0.2, 0) is 19.6 Å². The number of nitrogens with one attached hydrogen (secondary N) is 2. The zero-order valence-corrected chi connectivity index (χ0v) is 13.4. The van der Waals surface area contributed by atoms with Gasteiger partial charge >= 0.3 is 5.97 Å². The molecule has 118 valence electrons. The lowest BCUT2D eigenvalue weighted by atomic mass is 9.87. The SMILES string of the molecule is CC(CNC(=O)C(NS(C)(=O)=O)C(C)(C)C)CC(=O)O. The number of hydrogen-bond acceptors (Lipinski definition) is 4. The highest BCUT2D eigenvalue weighted by molar-refractivity contribution is 7.88. The van der Waals surface area contributed by atoms with Crippen molar-refractivity contribution in [3.05, 3.63) is 0 Å². The first-order valence-electron chi connectivity index (χ1n) is 6.29. The molecule has 0 bridgehead atoms. The van der Waals surface area contributed by atoms with Crippen LogP contribution in [0.15, 0.2) is 0 Å². The fraction of sp³-hybridized carbons (Fsp3) is 0.833. The lowest BCUT2D eigenvalue weighted by Crippen LogP contribution is -2.53. The van der Waals surface area contributed by atoms with Gasteiger partial charge in [-0.15, -0.1) is 0 Å². The Morgan fingerprint density at radius 3 is 2.10 bits per heavy atom. The van der Waals surface area contributed by atoms with E-state index in [0.29, 0.717) is 0 Å². The number of rotatable bonds is 7. The van der Waals surface area contributed by atoms with Gasteiger partial charge in [0.25, 0.3) is 0 Å². The minimum atomic E-state index is -3.51. The first kappa shape index (κ1) is 18.9. The lowest BCUT2D eigenvalue weighted by molar-refractivity contribution is -0.138. The molecule has 0 aromatic heterocycles. The Hall–Kier alpha value is -1.15. The molecular formula is C12H24N2O5S. The minimum Gasteiger partial charge on any atom is -0.481 e. The van der Waals surface area contributed by atoms with Crippen molar-refractivity contribution in [2.75, 3.05) is 12.8 Å². The van der Waals surface area contributed by atoms with Gasteiger partial charge in [0.15, 0.2) is 0 Å². The summed E-state index contributed by atoms with van der Waals surface area (Å²) in [6.07, 6.45) is 0.937. The largest absolute Gasteiger partial charge is 0.481 e. The molecule has 2 unspecified atom stereocenters. The van der Waals surface area contributed by atoms with Crippen LogP contribution in [0, 0.1) is 11.3 Å². The quantitative estimate of drug-likeness (QED) is 0.621. The molecule has 0 spiro atoms. The van der Waals surface area contributed by atoms with Gasteiger partial charge in [-0.05, 0) is 11.3 Å². The maximum Gasteiger partial charge on any atom is 0.303 e. The maximum absolute atomic E-state index is 12.1. The van der Waals surface area contributed by atoms with Crippen molar-refractivity contribution in [3.8, 4) is 0 Å². The van der Waals surface area contributed by atoms with Gasteiger partial charge in [-0.25, -0.2) is 13.1 Å². The number of carbonyl (C=O) groups is 2. The number of carbonyl (C=O) groups excluding carboxylic acids is 1. The molecule has 0 aliphatic rings. The summed E-state index contributed by atoms with van der Waals surface area (Å²) >= 11 is 0. The van der Waals surface area contributed by atoms with E-state index < -0.39 is 33.4 Å². The predicted octanol–water partition coefficient (Wildman–Crippen LogP) is 0.177. The molecule has 7 nitrogen and oxygen atoms in total. The third-order valence-corrected chi connectivity index (χ3v) is 3.27. The van der Waals surface area contributed by atoms with Gasteiger partial charge < -0.3 is 10.4 Å². The Bertz CT molecular complexity index is 453. The van der Waals surface area contributed by atoms with Gasteiger partial charge in [-0.2, -0.15) is 0 Å². The number of aliphatic carboxylic acids is 1. The topological polar surface area (TPSA) is 113 Å². The van der Waals surface area contributed by atoms with Crippen molar-refractivity contribution >= 4 is 21.9 Å². The van der Waals surface area contributed by atoms with Crippen LogP contribution in [0.25, 0.3) is 0 Å². The summed E-state index contributed by atoms with van der Waals surface area (Å²) in [4.78, 5) is 22.6. The Balaban J connectivity index is 4.70. The molecule has 0 aromatic carbocycles. The predicted molar refractivity (Wildman–Crippen MR) is 75.6 cm³/mol. The zero-order chi connectivity index (χ0) is 16.1. The average Bonchev–Trinajstić information content (AvgIpc) is 2.19. The zero-order valence-electron chi connectivity index (χ0n) is 12.6. The van der Waals surface area contributed by atoms with E-state index in [4.69, 9.17) is 5.11 Å². The fourth-order valence-electron chi connectivity index (χ4n) is 1.58. The highest BCUT2D eigenvalue weighted by Gasteiger charge is 2.33. The smallest absolute Gasteiger partial charge is 0.303 e. The number of amides is 1. The highest BCUT2D eigenvalue weighted by atomic mass is 32.2. The van der Waals surface area contributed by atoms with E-state index in [1.807, 2.05) is 0 Å². The second kappa shape index (κ2) is 7.03. The summed E-state index contributed by atoms with van der Waals surface area (Å²) in [5, 5.41) is 11.2. The molecule has 0 fully saturated rings. The van der Waals surface area contributed by atoms with Crippen molar-refractivity contribution in [3.63, 3.8) is 0 Å². The molecule has 0 saturated heterocycles. The molecule has 2 atom stereocenters. The highest BCUT2D eigenvalue weighted by Crippen LogP contribution is 2.20.